The molecule has 1 saturated heterocycles. The van der Waals surface area contributed by atoms with Gasteiger partial charge < -0.3 is 0 Å². The van der Waals surface area contributed by atoms with E-state index in [4.69, 9.17) is 11.6 Å². The Morgan fingerprint density at radius 2 is 2.05 bits per heavy atom. The fraction of sp³-hybridized carbons (Fsp3) is 0.538. The van der Waals surface area contributed by atoms with Crippen LogP contribution in [0.4, 0.5) is 8.78 Å². The van der Waals surface area contributed by atoms with Gasteiger partial charge in [-0.3, -0.25) is 0 Å². The summed E-state index contributed by atoms with van der Waals surface area (Å²) in [6, 6.07) is 2.66. The summed E-state index contributed by atoms with van der Waals surface area (Å²) in [6.07, 6.45) is 2.45. The van der Waals surface area contributed by atoms with Crippen LogP contribution in [-0.2, 0) is 10.0 Å². The van der Waals surface area contributed by atoms with Crippen molar-refractivity contribution in [2.45, 2.75) is 24.2 Å². The molecule has 1 unspecified atom stereocenters. The molecule has 1 aromatic rings. The molecule has 1 fully saturated rings. The molecular weight excluding hydrogens is 308 g/mol. The molecule has 112 valence electrons. The first kappa shape index (κ1) is 15.7. The summed E-state index contributed by atoms with van der Waals surface area (Å²) in [6.45, 7) is 0.786. The predicted molar refractivity (Wildman–Crippen MR) is 73.2 cm³/mol. The van der Waals surface area contributed by atoms with Crippen molar-refractivity contribution in [2.24, 2.45) is 5.92 Å². The molecule has 0 spiro atoms. The molecule has 1 aliphatic heterocycles. The van der Waals surface area contributed by atoms with E-state index in [9.17, 15) is 17.2 Å². The molecule has 0 saturated carbocycles. The van der Waals surface area contributed by atoms with Crippen LogP contribution in [0.1, 0.15) is 19.3 Å². The predicted octanol–water partition coefficient (Wildman–Crippen LogP) is 2.99. The van der Waals surface area contributed by atoms with E-state index in [1.807, 2.05) is 0 Å². The maximum absolute atomic E-state index is 13.2. The Bertz CT molecular complexity index is 578. The number of nitrogens with zero attached hydrogens (tertiary/aromatic N) is 1. The van der Waals surface area contributed by atoms with E-state index in [2.05, 4.69) is 0 Å². The van der Waals surface area contributed by atoms with E-state index in [1.54, 1.807) is 0 Å². The van der Waals surface area contributed by atoms with Gasteiger partial charge in [0.2, 0.25) is 10.0 Å². The molecule has 0 amide bonds. The Labute approximate surface area is 122 Å². The fourth-order valence-electron chi connectivity index (χ4n) is 2.42. The molecule has 7 heteroatoms. The lowest BCUT2D eigenvalue weighted by Crippen LogP contribution is -2.40. The van der Waals surface area contributed by atoms with Crippen molar-refractivity contribution in [1.82, 2.24) is 4.31 Å². The number of rotatable bonds is 4. The Kier molecular flexibility index (Phi) is 4.99. The van der Waals surface area contributed by atoms with Gasteiger partial charge in [0.25, 0.3) is 0 Å². The van der Waals surface area contributed by atoms with Crippen LogP contribution in [0.25, 0.3) is 0 Å². The van der Waals surface area contributed by atoms with Crippen molar-refractivity contribution < 1.29 is 17.2 Å². The van der Waals surface area contributed by atoms with E-state index in [1.165, 1.54) is 4.31 Å². The first-order valence-corrected chi connectivity index (χ1v) is 8.44. The van der Waals surface area contributed by atoms with Crippen LogP contribution in [0, 0.1) is 17.6 Å². The summed E-state index contributed by atoms with van der Waals surface area (Å²) in [5, 5.41) is 0. The van der Waals surface area contributed by atoms with Crippen LogP contribution in [-0.4, -0.2) is 31.7 Å². The van der Waals surface area contributed by atoms with Crippen LogP contribution in [0.15, 0.2) is 23.1 Å². The van der Waals surface area contributed by atoms with Crippen molar-refractivity contribution in [3.63, 3.8) is 0 Å². The van der Waals surface area contributed by atoms with Crippen molar-refractivity contribution >= 4 is 21.6 Å². The van der Waals surface area contributed by atoms with Gasteiger partial charge in [-0.15, -0.1) is 11.6 Å². The number of benzene rings is 1. The normalized spacial score (nSPS) is 21.1. The highest BCUT2D eigenvalue weighted by Gasteiger charge is 2.30. The number of alkyl halides is 1. The Morgan fingerprint density at radius 3 is 2.70 bits per heavy atom. The molecule has 0 N–H and O–H groups in total. The van der Waals surface area contributed by atoms with E-state index in [0.717, 1.165) is 37.5 Å². The molecule has 1 atom stereocenters. The largest absolute Gasteiger partial charge is 0.243 e. The van der Waals surface area contributed by atoms with E-state index >= 15 is 0 Å². The summed E-state index contributed by atoms with van der Waals surface area (Å²) in [7, 11) is -3.77. The molecule has 3 nitrogen and oxygen atoms in total. The zero-order chi connectivity index (χ0) is 14.8. The lowest BCUT2D eigenvalue weighted by atomic mass is 9.97. The Morgan fingerprint density at radius 1 is 1.30 bits per heavy atom. The highest BCUT2D eigenvalue weighted by molar-refractivity contribution is 7.89. The zero-order valence-electron chi connectivity index (χ0n) is 10.9. The molecule has 2 rings (SSSR count). The number of hydrogen-bond donors (Lipinski definition) is 0. The molecule has 20 heavy (non-hydrogen) atoms. The quantitative estimate of drug-likeness (QED) is 0.799. The lowest BCUT2D eigenvalue weighted by Gasteiger charge is -2.31. The zero-order valence-corrected chi connectivity index (χ0v) is 12.4. The minimum Gasteiger partial charge on any atom is -0.207 e. The second kappa shape index (κ2) is 6.37. The van der Waals surface area contributed by atoms with Crippen molar-refractivity contribution in [2.75, 3.05) is 19.0 Å². The van der Waals surface area contributed by atoms with Crippen LogP contribution < -0.4 is 0 Å². The van der Waals surface area contributed by atoms with Gasteiger partial charge in [-0.1, -0.05) is 0 Å². The Hall–Kier alpha value is -0.720. The minimum absolute atomic E-state index is 0.206. The SMILES string of the molecule is O=S(=O)(c1ccc(F)c(F)c1)N1CCCC(CCCl)C1. The maximum Gasteiger partial charge on any atom is 0.243 e. The van der Waals surface area contributed by atoms with Gasteiger partial charge in [0.15, 0.2) is 11.6 Å². The molecule has 0 radical (unpaired) electrons. The molecule has 0 bridgehead atoms. The van der Waals surface area contributed by atoms with Crippen molar-refractivity contribution in [1.29, 1.82) is 0 Å². The molecular formula is C13H16ClF2NO2S. The highest BCUT2D eigenvalue weighted by Crippen LogP contribution is 2.26. The van der Waals surface area contributed by atoms with Gasteiger partial charge in [0, 0.05) is 19.0 Å². The van der Waals surface area contributed by atoms with E-state index < -0.39 is 21.7 Å². The third-order valence-corrected chi connectivity index (χ3v) is 5.61. The molecule has 0 aromatic heterocycles. The first-order chi connectivity index (χ1) is 9.45. The number of sulfonamides is 1. The van der Waals surface area contributed by atoms with Gasteiger partial charge in [0.1, 0.15) is 0 Å². The minimum atomic E-state index is -3.77. The summed E-state index contributed by atoms with van der Waals surface area (Å²) in [4.78, 5) is -0.206. The van der Waals surface area contributed by atoms with Gasteiger partial charge in [-0.05, 0) is 43.4 Å². The third kappa shape index (κ3) is 3.30. The van der Waals surface area contributed by atoms with Crippen LogP contribution in [0.3, 0.4) is 0 Å². The summed E-state index contributed by atoms with van der Waals surface area (Å²) in [5.74, 6) is -1.49. The summed E-state index contributed by atoms with van der Waals surface area (Å²) in [5.41, 5.74) is 0. The second-order valence-electron chi connectivity index (χ2n) is 4.92. The van der Waals surface area contributed by atoms with Crippen molar-refractivity contribution in [3.8, 4) is 0 Å². The van der Waals surface area contributed by atoms with Crippen LogP contribution in [0.5, 0.6) is 0 Å². The average Bonchev–Trinajstić information content (AvgIpc) is 2.42. The third-order valence-electron chi connectivity index (χ3n) is 3.53. The number of halogens is 3. The molecule has 1 heterocycles. The van der Waals surface area contributed by atoms with Gasteiger partial charge in [-0.2, -0.15) is 4.31 Å². The monoisotopic (exact) mass is 323 g/mol. The van der Waals surface area contributed by atoms with Gasteiger partial charge in [0.05, 0.1) is 4.90 Å². The summed E-state index contributed by atoms with van der Waals surface area (Å²) < 4.78 is 52.2. The molecule has 1 aromatic carbocycles. The number of hydrogen-bond acceptors (Lipinski definition) is 2. The van der Waals surface area contributed by atoms with E-state index in [-0.39, 0.29) is 10.8 Å². The maximum atomic E-state index is 13.2. The molecule has 1 aliphatic rings. The molecule has 0 aliphatic carbocycles. The summed E-state index contributed by atoms with van der Waals surface area (Å²) >= 11 is 5.69. The fourth-order valence-corrected chi connectivity index (χ4v) is 4.30. The smallest absolute Gasteiger partial charge is 0.207 e. The average molecular weight is 324 g/mol. The highest BCUT2D eigenvalue weighted by atomic mass is 35.5. The first-order valence-electron chi connectivity index (χ1n) is 6.46. The standard InChI is InChI=1S/C13H16ClF2NO2S/c14-6-5-10-2-1-7-17(9-10)20(18,19)11-3-4-12(15)13(16)8-11/h3-4,8,10H,1-2,5-7,9H2. The van der Waals surface area contributed by atoms with E-state index in [0.29, 0.717) is 19.0 Å². The van der Waals surface area contributed by atoms with Gasteiger partial charge in [-0.25, -0.2) is 17.2 Å². The topological polar surface area (TPSA) is 37.4 Å². The van der Waals surface area contributed by atoms with Crippen LogP contribution >= 0.6 is 11.6 Å². The second-order valence-corrected chi connectivity index (χ2v) is 7.24. The van der Waals surface area contributed by atoms with Crippen molar-refractivity contribution in [3.05, 3.63) is 29.8 Å². The van der Waals surface area contributed by atoms with Crippen LogP contribution in [0.2, 0.25) is 0 Å². The number of piperidine rings is 1. The van der Waals surface area contributed by atoms with Gasteiger partial charge >= 0.3 is 0 Å². The Balaban J connectivity index is 2.23. The lowest BCUT2D eigenvalue weighted by molar-refractivity contribution is 0.262.